The number of aliphatic carboxylic acids is 1. The highest BCUT2D eigenvalue weighted by molar-refractivity contribution is 9.10. The molecule has 1 aromatic carbocycles. The van der Waals surface area contributed by atoms with Gasteiger partial charge in [-0.05, 0) is 49.8 Å². The predicted octanol–water partition coefficient (Wildman–Crippen LogP) is 2.65. The van der Waals surface area contributed by atoms with Crippen molar-refractivity contribution in [1.29, 1.82) is 0 Å². The fraction of sp³-hybridized carbons (Fsp3) is 0.529. The molecule has 5 nitrogen and oxygen atoms in total. The summed E-state index contributed by atoms with van der Waals surface area (Å²) in [4.78, 5) is 25.2. The number of halogens is 2. The fourth-order valence-corrected chi connectivity index (χ4v) is 3.45. The highest BCUT2D eigenvalue weighted by Gasteiger charge is 2.38. The van der Waals surface area contributed by atoms with Crippen molar-refractivity contribution in [2.24, 2.45) is 5.92 Å². The molecule has 0 unspecified atom stereocenters. The van der Waals surface area contributed by atoms with E-state index in [4.69, 9.17) is 5.11 Å². The third-order valence-electron chi connectivity index (χ3n) is 4.67. The highest BCUT2D eigenvalue weighted by Crippen LogP contribution is 2.33. The first kappa shape index (κ1) is 17.4. The van der Waals surface area contributed by atoms with E-state index in [-0.39, 0.29) is 24.2 Å². The summed E-state index contributed by atoms with van der Waals surface area (Å²) in [5.74, 6) is -1.18. The average molecular weight is 399 g/mol. The second-order valence-corrected chi connectivity index (χ2v) is 7.60. The van der Waals surface area contributed by atoms with E-state index in [0.717, 1.165) is 6.54 Å². The second-order valence-electron chi connectivity index (χ2n) is 6.69. The molecule has 2 N–H and O–H groups in total. The van der Waals surface area contributed by atoms with Gasteiger partial charge in [-0.25, -0.2) is 4.39 Å². The van der Waals surface area contributed by atoms with Crippen molar-refractivity contribution in [3.05, 3.63) is 34.1 Å². The number of hydrogen-bond donors (Lipinski definition) is 2. The summed E-state index contributed by atoms with van der Waals surface area (Å²) in [6.45, 7) is 0.861. The van der Waals surface area contributed by atoms with E-state index in [9.17, 15) is 14.0 Å². The lowest BCUT2D eigenvalue weighted by Gasteiger charge is -2.42. The molecule has 0 aromatic heterocycles. The lowest BCUT2D eigenvalue weighted by Crippen LogP contribution is -2.55. The van der Waals surface area contributed by atoms with Crippen LogP contribution in [0.15, 0.2) is 22.7 Å². The zero-order valence-corrected chi connectivity index (χ0v) is 14.8. The van der Waals surface area contributed by atoms with E-state index in [1.165, 1.54) is 25.0 Å². The maximum atomic E-state index is 13.7. The van der Waals surface area contributed by atoms with E-state index in [2.05, 4.69) is 21.2 Å². The molecule has 0 saturated heterocycles. The zero-order chi connectivity index (χ0) is 17.3. The summed E-state index contributed by atoms with van der Waals surface area (Å²) in [5.41, 5.74) is 0.0215. The topological polar surface area (TPSA) is 69.6 Å². The summed E-state index contributed by atoms with van der Waals surface area (Å²) < 4.78 is 14.4. The maximum absolute atomic E-state index is 13.7. The third kappa shape index (κ3) is 4.33. The van der Waals surface area contributed by atoms with E-state index in [0.29, 0.717) is 23.2 Å². The molecule has 0 heterocycles. The minimum Gasteiger partial charge on any atom is -0.480 e. The smallest absolute Gasteiger partial charge is 0.317 e. The Bertz CT molecular complexity index is 645. The molecule has 2 aliphatic carbocycles. The molecule has 2 saturated carbocycles. The van der Waals surface area contributed by atoms with Gasteiger partial charge in [0.1, 0.15) is 5.82 Å². The Morgan fingerprint density at radius 3 is 2.67 bits per heavy atom. The number of carbonyl (C=O) groups excluding carboxylic acids is 1. The minimum absolute atomic E-state index is 0.0215. The zero-order valence-electron chi connectivity index (χ0n) is 13.2. The Kier molecular flexibility index (Phi) is 5.20. The van der Waals surface area contributed by atoms with Gasteiger partial charge in [-0.1, -0.05) is 15.9 Å². The number of carboxylic acids is 1. The van der Waals surface area contributed by atoms with Gasteiger partial charge >= 0.3 is 5.97 Å². The van der Waals surface area contributed by atoms with Crippen LogP contribution >= 0.6 is 15.9 Å². The molecule has 24 heavy (non-hydrogen) atoms. The Balaban J connectivity index is 1.52. The van der Waals surface area contributed by atoms with Gasteiger partial charge in [-0.3, -0.25) is 14.5 Å². The molecule has 7 heteroatoms. The third-order valence-corrected chi connectivity index (χ3v) is 5.16. The number of amides is 1. The van der Waals surface area contributed by atoms with Gasteiger partial charge in [0.05, 0.1) is 12.1 Å². The van der Waals surface area contributed by atoms with Crippen LogP contribution in [-0.2, 0) is 4.79 Å². The normalized spacial score (nSPS) is 23.0. The van der Waals surface area contributed by atoms with Gasteiger partial charge in [-0.15, -0.1) is 0 Å². The molecule has 2 aliphatic rings. The van der Waals surface area contributed by atoms with E-state index in [1.807, 2.05) is 4.90 Å². The molecule has 1 aromatic rings. The standard InChI is InChI=1S/C17H20BrFN2O3/c18-11-3-4-15(19)14(5-11)17(24)20-12-6-13(7-12)21(9-16(22)23)8-10-1-2-10/h3-5,10,12-13H,1-2,6-9H2,(H,20,24)(H,22,23). The fourth-order valence-electron chi connectivity index (χ4n) is 3.09. The molecule has 2 fully saturated rings. The number of rotatable bonds is 7. The summed E-state index contributed by atoms with van der Waals surface area (Å²) in [7, 11) is 0. The largest absolute Gasteiger partial charge is 0.480 e. The van der Waals surface area contributed by atoms with Crippen LogP contribution in [0.25, 0.3) is 0 Å². The van der Waals surface area contributed by atoms with Crippen LogP contribution in [0, 0.1) is 11.7 Å². The van der Waals surface area contributed by atoms with Crippen molar-refractivity contribution in [1.82, 2.24) is 10.2 Å². The maximum Gasteiger partial charge on any atom is 0.317 e. The van der Waals surface area contributed by atoms with Crippen LogP contribution in [0.1, 0.15) is 36.0 Å². The predicted molar refractivity (Wildman–Crippen MR) is 90.3 cm³/mol. The minimum atomic E-state index is -0.820. The molecule has 3 rings (SSSR count). The average Bonchev–Trinajstić information content (AvgIpc) is 3.27. The quantitative estimate of drug-likeness (QED) is 0.740. The SMILES string of the molecule is O=C(O)CN(CC1CC1)C1CC(NC(=O)c2cc(Br)ccc2F)C1. The van der Waals surface area contributed by atoms with E-state index in [1.54, 1.807) is 6.07 Å². The first-order valence-corrected chi connectivity index (χ1v) is 8.93. The van der Waals surface area contributed by atoms with Crippen molar-refractivity contribution in [3.8, 4) is 0 Å². The lowest BCUT2D eigenvalue weighted by atomic mass is 9.85. The van der Waals surface area contributed by atoms with E-state index >= 15 is 0 Å². The molecular weight excluding hydrogens is 379 g/mol. The van der Waals surface area contributed by atoms with Gasteiger partial charge in [0.15, 0.2) is 0 Å². The molecule has 0 bridgehead atoms. The van der Waals surface area contributed by atoms with Crippen molar-refractivity contribution in [2.45, 2.75) is 37.8 Å². The highest BCUT2D eigenvalue weighted by atomic mass is 79.9. The summed E-state index contributed by atoms with van der Waals surface area (Å²) >= 11 is 3.23. The van der Waals surface area contributed by atoms with Crippen LogP contribution in [0.5, 0.6) is 0 Å². The van der Waals surface area contributed by atoms with Gasteiger partial charge in [0.2, 0.25) is 0 Å². The van der Waals surface area contributed by atoms with Crippen LogP contribution in [0.4, 0.5) is 4.39 Å². The Morgan fingerprint density at radius 2 is 2.04 bits per heavy atom. The van der Waals surface area contributed by atoms with Crippen LogP contribution in [-0.4, -0.2) is 47.1 Å². The molecule has 0 spiro atoms. The van der Waals surface area contributed by atoms with Crippen molar-refractivity contribution >= 4 is 27.8 Å². The van der Waals surface area contributed by atoms with Gasteiger partial charge in [0, 0.05) is 23.1 Å². The lowest BCUT2D eigenvalue weighted by molar-refractivity contribution is -0.139. The van der Waals surface area contributed by atoms with Crippen LogP contribution in [0.2, 0.25) is 0 Å². The van der Waals surface area contributed by atoms with Gasteiger partial charge < -0.3 is 10.4 Å². The number of carboxylic acid groups (broad SMARTS) is 1. The molecule has 0 aliphatic heterocycles. The second kappa shape index (κ2) is 7.19. The van der Waals surface area contributed by atoms with E-state index < -0.39 is 17.7 Å². The van der Waals surface area contributed by atoms with Gasteiger partial charge in [0.25, 0.3) is 5.91 Å². The molecule has 1 amide bonds. The molecular formula is C17H20BrFN2O3. The Morgan fingerprint density at radius 1 is 1.33 bits per heavy atom. The van der Waals surface area contributed by atoms with Crippen molar-refractivity contribution < 1.29 is 19.1 Å². The number of nitrogens with zero attached hydrogens (tertiary/aromatic N) is 1. The Hall–Kier alpha value is -1.47. The summed E-state index contributed by atoms with van der Waals surface area (Å²) in [5, 5.41) is 11.9. The van der Waals surface area contributed by atoms with Crippen LogP contribution < -0.4 is 5.32 Å². The summed E-state index contributed by atoms with van der Waals surface area (Å²) in [6.07, 6.45) is 3.76. The monoisotopic (exact) mass is 398 g/mol. The first-order chi connectivity index (χ1) is 11.4. The molecule has 0 radical (unpaired) electrons. The van der Waals surface area contributed by atoms with Crippen molar-refractivity contribution in [3.63, 3.8) is 0 Å². The molecule has 0 atom stereocenters. The Labute approximate surface area is 148 Å². The number of hydrogen-bond acceptors (Lipinski definition) is 3. The summed E-state index contributed by atoms with van der Waals surface area (Å²) in [6, 6.07) is 4.42. The number of nitrogens with one attached hydrogen (secondary N) is 1. The van der Waals surface area contributed by atoms with Gasteiger partial charge in [-0.2, -0.15) is 0 Å². The van der Waals surface area contributed by atoms with Crippen molar-refractivity contribution in [2.75, 3.05) is 13.1 Å². The molecule has 130 valence electrons. The number of carbonyl (C=O) groups is 2. The number of benzene rings is 1. The van der Waals surface area contributed by atoms with Crippen LogP contribution in [0.3, 0.4) is 0 Å². The first-order valence-electron chi connectivity index (χ1n) is 8.14.